The fraction of sp³-hybridized carbons (Fsp3) is 0.273. The maximum Gasteiger partial charge on any atom is 0.249 e. The normalized spacial score (nSPS) is 12.0. The molecule has 1 amide bonds. The molecule has 0 radical (unpaired) electrons. The van der Waals surface area contributed by atoms with Gasteiger partial charge in [0.2, 0.25) is 5.91 Å². The van der Waals surface area contributed by atoms with E-state index in [0.717, 1.165) is 10.2 Å². The summed E-state index contributed by atoms with van der Waals surface area (Å²) in [6, 6.07) is 12.4. The Kier molecular flexibility index (Phi) is 7.15. The summed E-state index contributed by atoms with van der Waals surface area (Å²) in [5.74, 6) is 2.73. The number of amides is 1. The van der Waals surface area contributed by atoms with E-state index in [1.54, 1.807) is 41.0 Å². The Bertz CT molecular complexity index is 1300. The van der Waals surface area contributed by atoms with Crippen molar-refractivity contribution in [2.45, 2.75) is 18.7 Å². The molecule has 7 nitrogen and oxygen atoms in total. The largest absolute Gasteiger partial charge is 0.493 e. The predicted molar refractivity (Wildman–Crippen MR) is 121 cm³/mol. The summed E-state index contributed by atoms with van der Waals surface area (Å²) in [7, 11) is -0.361. The number of aromatic nitrogens is 1. The monoisotopic (exact) mass is 458 g/mol. The summed E-state index contributed by atoms with van der Waals surface area (Å²) >= 11 is 1.27. The number of terminal acetylenes is 1. The van der Waals surface area contributed by atoms with Crippen LogP contribution in [0, 0.1) is 12.3 Å². The number of hydrogen-bond donors (Lipinski definition) is 0. The minimum Gasteiger partial charge on any atom is -0.493 e. The molecule has 0 saturated carbocycles. The molecule has 0 aliphatic heterocycles. The highest BCUT2D eigenvalue weighted by atomic mass is 32.2. The third-order valence-electron chi connectivity index (χ3n) is 4.51. The number of carbonyl (C=O) groups is 1. The molecule has 31 heavy (non-hydrogen) atoms. The minimum absolute atomic E-state index is 0.110. The number of benzene rings is 2. The molecule has 3 rings (SSSR count). The van der Waals surface area contributed by atoms with Gasteiger partial charge in [0.05, 0.1) is 42.5 Å². The molecule has 162 valence electrons. The van der Waals surface area contributed by atoms with Crippen molar-refractivity contribution in [1.82, 2.24) is 4.57 Å². The van der Waals surface area contributed by atoms with Crippen LogP contribution in [0.1, 0.15) is 12.0 Å². The van der Waals surface area contributed by atoms with Crippen LogP contribution in [0.4, 0.5) is 0 Å². The molecule has 2 aromatic carbocycles. The van der Waals surface area contributed by atoms with Crippen molar-refractivity contribution in [3.63, 3.8) is 0 Å². The van der Waals surface area contributed by atoms with Gasteiger partial charge in [-0.1, -0.05) is 47.6 Å². The first kappa shape index (κ1) is 22.6. The van der Waals surface area contributed by atoms with Gasteiger partial charge in [-0.25, -0.2) is 8.42 Å². The summed E-state index contributed by atoms with van der Waals surface area (Å²) in [6.07, 6.45) is 5.30. The second-order valence-corrected chi connectivity index (χ2v) is 9.88. The highest BCUT2D eigenvalue weighted by Crippen LogP contribution is 2.33. The SMILES string of the molecule is C#CCn1c(=NC(=O)CCS(=O)(=O)Cc2ccccc2)sc2cc(OC)c(OC)cc21. The van der Waals surface area contributed by atoms with Crippen molar-refractivity contribution in [3.8, 4) is 23.8 Å². The lowest BCUT2D eigenvalue weighted by atomic mass is 10.2. The van der Waals surface area contributed by atoms with Crippen LogP contribution in [-0.2, 0) is 26.9 Å². The zero-order valence-electron chi connectivity index (χ0n) is 17.2. The Balaban J connectivity index is 1.86. The molecule has 0 atom stereocenters. The van der Waals surface area contributed by atoms with Crippen LogP contribution in [0.2, 0.25) is 0 Å². The quantitative estimate of drug-likeness (QED) is 0.485. The number of nitrogens with zero attached hydrogens (tertiary/aromatic N) is 2. The highest BCUT2D eigenvalue weighted by Gasteiger charge is 2.16. The summed E-state index contributed by atoms with van der Waals surface area (Å²) in [5.41, 5.74) is 1.44. The maximum atomic E-state index is 12.5. The van der Waals surface area contributed by atoms with E-state index in [1.807, 2.05) is 6.07 Å². The molecular formula is C22H22N2O5S2. The molecule has 0 N–H and O–H groups in total. The number of methoxy groups -OCH3 is 2. The molecule has 0 bridgehead atoms. The van der Waals surface area contributed by atoms with E-state index in [-0.39, 0.29) is 24.5 Å². The van der Waals surface area contributed by atoms with Crippen molar-refractivity contribution >= 4 is 37.3 Å². The maximum absolute atomic E-state index is 12.5. The third kappa shape index (κ3) is 5.54. The van der Waals surface area contributed by atoms with Crippen LogP contribution in [0.5, 0.6) is 11.5 Å². The standard InChI is InChI=1S/C22H22N2O5S2/c1-4-11-24-17-13-18(28-2)19(29-3)14-20(17)30-22(24)23-21(25)10-12-31(26,27)15-16-8-6-5-7-9-16/h1,5-9,13-14H,10-12,15H2,2-3H3. The van der Waals surface area contributed by atoms with Gasteiger partial charge in [0.15, 0.2) is 26.1 Å². The molecule has 0 spiro atoms. The fourth-order valence-corrected chi connectivity index (χ4v) is 5.42. The van der Waals surface area contributed by atoms with E-state index in [9.17, 15) is 13.2 Å². The van der Waals surface area contributed by atoms with Gasteiger partial charge in [0, 0.05) is 18.6 Å². The van der Waals surface area contributed by atoms with Crippen LogP contribution in [0.3, 0.4) is 0 Å². The second-order valence-electron chi connectivity index (χ2n) is 6.68. The van der Waals surface area contributed by atoms with E-state index < -0.39 is 15.7 Å². The van der Waals surface area contributed by atoms with Gasteiger partial charge in [-0.3, -0.25) is 4.79 Å². The van der Waals surface area contributed by atoms with Gasteiger partial charge in [0.1, 0.15) is 0 Å². The second kappa shape index (κ2) is 9.81. The summed E-state index contributed by atoms with van der Waals surface area (Å²) in [6.45, 7) is 0.202. The molecule has 0 unspecified atom stereocenters. The van der Waals surface area contributed by atoms with E-state index in [4.69, 9.17) is 15.9 Å². The fourth-order valence-electron chi connectivity index (χ4n) is 3.03. The zero-order valence-corrected chi connectivity index (χ0v) is 18.8. The molecule has 0 saturated heterocycles. The van der Waals surface area contributed by atoms with Crippen molar-refractivity contribution in [3.05, 3.63) is 52.8 Å². The van der Waals surface area contributed by atoms with Crippen LogP contribution in [0.25, 0.3) is 10.2 Å². The molecule has 3 aromatic rings. The Morgan fingerprint density at radius 2 is 1.84 bits per heavy atom. The summed E-state index contributed by atoms with van der Waals surface area (Å²) in [4.78, 5) is 17.0. The van der Waals surface area contributed by atoms with Gasteiger partial charge < -0.3 is 14.0 Å². The minimum atomic E-state index is -3.43. The molecule has 0 fully saturated rings. The number of rotatable bonds is 8. The first-order valence-electron chi connectivity index (χ1n) is 9.37. The smallest absolute Gasteiger partial charge is 0.249 e. The number of ether oxygens (including phenoxy) is 2. The van der Waals surface area contributed by atoms with Crippen molar-refractivity contribution < 1.29 is 22.7 Å². The summed E-state index contributed by atoms with van der Waals surface area (Å²) < 4.78 is 37.9. The number of fused-ring (bicyclic) bond motifs is 1. The molecular weight excluding hydrogens is 436 g/mol. The van der Waals surface area contributed by atoms with Crippen LogP contribution in [-0.4, -0.2) is 38.9 Å². The van der Waals surface area contributed by atoms with Gasteiger partial charge in [-0.2, -0.15) is 4.99 Å². The lowest BCUT2D eigenvalue weighted by Crippen LogP contribution is -2.18. The third-order valence-corrected chi connectivity index (χ3v) is 7.15. The van der Waals surface area contributed by atoms with E-state index in [2.05, 4.69) is 10.9 Å². The molecule has 1 aromatic heterocycles. The van der Waals surface area contributed by atoms with Crippen LogP contribution < -0.4 is 14.3 Å². The van der Waals surface area contributed by atoms with Gasteiger partial charge in [-0.15, -0.1) is 6.42 Å². The first-order chi connectivity index (χ1) is 14.9. The highest BCUT2D eigenvalue weighted by molar-refractivity contribution is 7.90. The lowest BCUT2D eigenvalue weighted by Gasteiger charge is -2.08. The van der Waals surface area contributed by atoms with Crippen molar-refractivity contribution in [2.24, 2.45) is 4.99 Å². The van der Waals surface area contributed by atoms with Gasteiger partial charge >= 0.3 is 0 Å². The zero-order chi connectivity index (χ0) is 22.4. The average Bonchev–Trinajstić information content (AvgIpc) is 3.08. The Labute approximate surface area is 184 Å². The Morgan fingerprint density at radius 3 is 2.48 bits per heavy atom. The molecule has 0 aliphatic rings. The van der Waals surface area contributed by atoms with Crippen molar-refractivity contribution in [1.29, 1.82) is 0 Å². The number of carbonyl (C=O) groups excluding carboxylic acids is 1. The van der Waals surface area contributed by atoms with E-state index >= 15 is 0 Å². The Hall–Kier alpha value is -3.09. The van der Waals surface area contributed by atoms with Crippen LogP contribution >= 0.6 is 11.3 Å². The number of hydrogen-bond acceptors (Lipinski definition) is 6. The number of thiazole rings is 1. The van der Waals surface area contributed by atoms with E-state index in [1.165, 1.54) is 25.6 Å². The molecule has 9 heteroatoms. The first-order valence-corrected chi connectivity index (χ1v) is 12.0. The van der Waals surface area contributed by atoms with Crippen LogP contribution in [0.15, 0.2) is 47.5 Å². The lowest BCUT2D eigenvalue weighted by molar-refractivity contribution is -0.117. The number of sulfone groups is 1. The molecule has 0 aliphatic carbocycles. The Morgan fingerprint density at radius 1 is 1.16 bits per heavy atom. The van der Waals surface area contributed by atoms with Crippen molar-refractivity contribution in [2.75, 3.05) is 20.0 Å². The van der Waals surface area contributed by atoms with Gasteiger partial charge in [0.25, 0.3) is 0 Å². The molecule has 1 heterocycles. The summed E-state index contributed by atoms with van der Waals surface area (Å²) in [5, 5.41) is 0. The predicted octanol–water partition coefficient (Wildman–Crippen LogP) is 2.79. The topological polar surface area (TPSA) is 87.0 Å². The van der Waals surface area contributed by atoms with E-state index in [0.29, 0.717) is 21.9 Å². The van der Waals surface area contributed by atoms with Gasteiger partial charge in [-0.05, 0) is 5.56 Å². The average molecular weight is 459 g/mol.